The molecule has 0 nitrogen and oxygen atoms in total. The van der Waals surface area contributed by atoms with Crippen LogP contribution in [0.4, 0.5) is 0 Å². The SMILES string of the molecule is CC1(C)c2ccccc2-c2ccc(-c3ccc4c(c3)-c3ccc5c6c(ccc-4c36)-c3ccc(-c4ccc6c(c4)C(C)(C)c4ccccc4-6)cc3C5(C)C)cc21. The predicted octanol–water partition coefficient (Wildman–Crippen LogP) is 14.7. The van der Waals surface area contributed by atoms with Crippen molar-refractivity contribution in [2.24, 2.45) is 0 Å². The van der Waals surface area contributed by atoms with Gasteiger partial charge in [0, 0.05) is 16.2 Å². The fourth-order valence-electron chi connectivity index (χ4n) is 11.3. The normalized spacial score (nSPS) is 16.3. The third kappa shape index (κ3) is 3.87. The second-order valence-corrected chi connectivity index (χ2v) is 18.1. The first-order valence-corrected chi connectivity index (χ1v) is 19.9. The first kappa shape index (κ1) is 31.4. The van der Waals surface area contributed by atoms with Gasteiger partial charge >= 0.3 is 0 Å². The van der Waals surface area contributed by atoms with E-state index < -0.39 is 0 Å². The molecule has 0 spiro atoms. The van der Waals surface area contributed by atoms with Crippen LogP contribution in [0, 0.1) is 0 Å². The molecule has 0 radical (unpaired) electrons. The Morgan fingerprint density at radius 1 is 0.236 bits per heavy atom. The third-order valence-electron chi connectivity index (χ3n) is 14.3. The Kier molecular flexibility index (Phi) is 5.82. The fraction of sp³-hybridized carbons (Fsp3) is 0.164. The molecule has 55 heavy (non-hydrogen) atoms. The summed E-state index contributed by atoms with van der Waals surface area (Å²) in [5, 5.41) is 2.84. The molecule has 262 valence electrons. The van der Waals surface area contributed by atoms with E-state index in [1.54, 1.807) is 0 Å². The maximum atomic E-state index is 2.49. The molecule has 8 aromatic carbocycles. The topological polar surface area (TPSA) is 0 Å². The van der Waals surface area contributed by atoms with Crippen LogP contribution in [0.3, 0.4) is 0 Å². The lowest BCUT2D eigenvalue weighted by molar-refractivity contribution is 0.645. The molecule has 0 heterocycles. The highest BCUT2D eigenvalue weighted by Gasteiger charge is 2.39. The molecule has 0 fully saturated rings. The average molecular weight is 703 g/mol. The highest BCUT2D eigenvalue weighted by Crippen LogP contribution is 2.58. The van der Waals surface area contributed by atoms with E-state index in [0.717, 1.165) is 0 Å². The van der Waals surface area contributed by atoms with Gasteiger partial charge in [-0.2, -0.15) is 0 Å². The van der Waals surface area contributed by atoms with Crippen LogP contribution in [0.5, 0.6) is 0 Å². The summed E-state index contributed by atoms with van der Waals surface area (Å²) in [4.78, 5) is 0. The van der Waals surface area contributed by atoms with Crippen molar-refractivity contribution in [3.63, 3.8) is 0 Å². The highest BCUT2D eigenvalue weighted by atomic mass is 14.4. The smallest absolute Gasteiger partial charge is 0.0159 e. The first-order valence-electron chi connectivity index (χ1n) is 19.9. The van der Waals surface area contributed by atoms with Crippen LogP contribution in [0.2, 0.25) is 0 Å². The van der Waals surface area contributed by atoms with Crippen LogP contribution in [-0.4, -0.2) is 0 Å². The van der Waals surface area contributed by atoms with Gasteiger partial charge in [0.2, 0.25) is 0 Å². The summed E-state index contributed by atoms with van der Waals surface area (Å²) in [6.45, 7) is 14.3. The van der Waals surface area contributed by atoms with Gasteiger partial charge in [-0.15, -0.1) is 0 Å². The van der Waals surface area contributed by atoms with Crippen molar-refractivity contribution in [3.8, 4) is 77.9 Å². The zero-order chi connectivity index (χ0) is 37.2. The Labute approximate surface area is 324 Å². The van der Waals surface area contributed by atoms with Gasteiger partial charge in [0.05, 0.1) is 0 Å². The molecule has 0 heteroatoms. The molecular formula is C55H42. The summed E-state index contributed by atoms with van der Waals surface area (Å²) < 4.78 is 0. The van der Waals surface area contributed by atoms with Crippen molar-refractivity contribution in [1.29, 1.82) is 0 Å². The Morgan fingerprint density at radius 2 is 0.582 bits per heavy atom. The minimum absolute atomic E-state index is 0.0183. The van der Waals surface area contributed by atoms with Crippen molar-refractivity contribution in [2.45, 2.75) is 57.8 Å². The Hall–Kier alpha value is -5.98. The second kappa shape index (κ2) is 10.2. The monoisotopic (exact) mass is 702 g/mol. The molecule has 0 aliphatic heterocycles. The lowest BCUT2D eigenvalue weighted by Crippen LogP contribution is -2.23. The van der Waals surface area contributed by atoms with Gasteiger partial charge in [-0.25, -0.2) is 0 Å². The van der Waals surface area contributed by atoms with Crippen LogP contribution in [0.15, 0.2) is 146 Å². The molecule has 0 atom stereocenters. The number of hydrogen-bond acceptors (Lipinski definition) is 0. The second-order valence-electron chi connectivity index (χ2n) is 18.1. The summed E-state index contributed by atoms with van der Waals surface area (Å²) >= 11 is 0. The molecule has 0 aromatic heterocycles. The van der Waals surface area contributed by atoms with Crippen molar-refractivity contribution in [2.75, 3.05) is 0 Å². The van der Waals surface area contributed by atoms with Gasteiger partial charge in [-0.05, 0) is 146 Å². The van der Waals surface area contributed by atoms with E-state index in [1.807, 2.05) is 0 Å². The molecule has 0 N–H and O–H groups in total. The maximum absolute atomic E-state index is 2.49. The molecule has 4 aliphatic rings. The molecule has 0 saturated carbocycles. The zero-order valence-corrected chi connectivity index (χ0v) is 32.4. The van der Waals surface area contributed by atoms with Crippen molar-refractivity contribution >= 4 is 10.8 Å². The zero-order valence-electron chi connectivity index (χ0n) is 32.4. The minimum atomic E-state index is -0.156. The van der Waals surface area contributed by atoms with Crippen LogP contribution >= 0.6 is 0 Å². The van der Waals surface area contributed by atoms with Gasteiger partial charge in [0.15, 0.2) is 0 Å². The molecule has 0 unspecified atom stereocenters. The number of benzene rings is 8. The average Bonchev–Trinajstić information content (AvgIpc) is 3.74. The molecule has 8 aromatic rings. The van der Waals surface area contributed by atoms with E-state index >= 15 is 0 Å². The van der Waals surface area contributed by atoms with E-state index in [1.165, 1.54) is 122 Å². The van der Waals surface area contributed by atoms with Gasteiger partial charge in [0.1, 0.15) is 0 Å². The molecule has 12 rings (SSSR count). The number of hydrogen-bond donors (Lipinski definition) is 0. The van der Waals surface area contributed by atoms with Crippen LogP contribution in [0.25, 0.3) is 88.7 Å². The Morgan fingerprint density at radius 3 is 1.11 bits per heavy atom. The molecular weight excluding hydrogens is 661 g/mol. The number of rotatable bonds is 2. The Bertz CT molecular complexity index is 3050. The van der Waals surface area contributed by atoms with Crippen molar-refractivity contribution < 1.29 is 0 Å². The van der Waals surface area contributed by atoms with E-state index in [-0.39, 0.29) is 16.2 Å². The maximum Gasteiger partial charge on any atom is 0.0159 e. The highest BCUT2D eigenvalue weighted by molar-refractivity contribution is 6.21. The van der Waals surface area contributed by atoms with Gasteiger partial charge < -0.3 is 0 Å². The third-order valence-corrected chi connectivity index (χ3v) is 14.3. The lowest BCUT2D eigenvalue weighted by atomic mass is 9.67. The fourth-order valence-corrected chi connectivity index (χ4v) is 11.3. The van der Waals surface area contributed by atoms with E-state index in [0.29, 0.717) is 0 Å². The summed E-state index contributed by atoms with van der Waals surface area (Å²) in [6, 6.07) is 56.2. The van der Waals surface area contributed by atoms with Crippen LogP contribution < -0.4 is 0 Å². The van der Waals surface area contributed by atoms with E-state index in [2.05, 4.69) is 187 Å². The van der Waals surface area contributed by atoms with E-state index in [9.17, 15) is 0 Å². The first-order chi connectivity index (χ1) is 26.5. The predicted molar refractivity (Wildman–Crippen MR) is 232 cm³/mol. The summed E-state index contributed by atoms with van der Waals surface area (Å²) in [5.41, 5.74) is 27.1. The Balaban J connectivity index is 0.964. The quantitative estimate of drug-likeness (QED) is 0.168. The summed E-state index contributed by atoms with van der Waals surface area (Å²) in [7, 11) is 0. The van der Waals surface area contributed by atoms with Crippen molar-refractivity contribution in [1.82, 2.24) is 0 Å². The minimum Gasteiger partial charge on any atom is -0.0619 e. The molecule has 4 aliphatic carbocycles. The summed E-state index contributed by atoms with van der Waals surface area (Å²) in [5.74, 6) is 0. The standard InChI is InChI=1S/C55H42/c1-53(2)45-13-9-7-11-36(45)38-20-16-32(28-48(38)53)31-15-19-35-41-23-24-42-40-22-18-34(33-17-21-39-37-12-8-10-14-46(37)54(3,4)49(39)29-33)30-50(40)55(5,6)47-26-25-43(44(35)27-31)51(41)52(42)47/h7-30H,1-6H3. The molecule has 0 saturated heterocycles. The van der Waals surface area contributed by atoms with E-state index in [4.69, 9.17) is 0 Å². The van der Waals surface area contributed by atoms with Crippen LogP contribution in [0.1, 0.15) is 74.9 Å². The van der Waals surface area contributed by atoms with Gasteiger partial charge in [-0.3, -0.25) is 0 Å². The molecule has 0 bridgehead atoms. The largest absolute Gasteiger partial charge is 0.0619 e. The van der Waals surface area contributed by atoms with Crippen molar-refractivity contribution in [3.05, 3.63) is 179 Å². The summed E-state index contributed by atoms with van der Waals surface area (Å²) in [6.07, 6.45) is 0. The van der Waals surface area contributed by atoms with Gasteiger partial charge in [0.25, 0.3) is 0 Å². The number of fused-ring (bicyclic) bond motifs is 11. The van der Waals surface area contributed by atoms with Gasteiger partial charge in [-0.1, -0.05) is 163 Å². The lowest BCUT2D eigenvalue weighted by Gasteiger charge is -2.36. The molecule has 0 amide bonds. The van der Waals surface area contributed by atoms with Crippen LogP contribution in [-0.2, 0) is 16.2 Å².